The van der Waals surface area contributed by atoms with Gasteiger partial charge >= 0.3 is 0 Å². The molecule has 14 heavy (non-hydrogen) atoms. The average molecular weight is 189 g/mol. The molecule has 0 aliphatic heterocycles. The van der Waals surface area contributed by atoms with Gasteiger partial charge in [0.15, 0.2) is 5.82 Å². The van der Waals surface area contributed by atoms with E-state index in [0.29, 0.717) is 0 Å². The fourth-order valence-corrected chi connectivity index (χ4v) is 1.19. The standard InChI is InChI=1S/C9H11N5/c1-10-4-8-5-13-14(7-8)9-6-11-2-3-12-9/h2-3,5-7,10H,4H2,1H3. The molecule has 0 saturated heterocycles. The van der Waals surface area contributed by atoms with Crippen LogP contribution in [-0.4, -0.2) is 26.8 Å². The van der Waals surface area contributed by atoms with E-state index < -0.39 is 0 Å². The lowest BCUT2D eigenvalue weighted by Gasteiger charge is -1.96. The molecule has 2 aromatic heterocycles. The van der Waals surface area contributed by atoms with Crippen LogP contribution in [0, 0.1) is 0 Å². The van der Waals surface area contributed by atoms with Gasteiger partial charge in [-0.05, 0) is 7.05 Å². The van der Waals surface area contributed by atoms with E-state index in [0.717, 1.165) is 17.9 Å². The molecule has 0 amide bonds. The maximum absolute atomic E-state index is 4.18. The molecule has 0 saturated carbocycles. The van der Waals surface area contributed by atoms with Crippen LogP contribution in [-0.2, 0) is 6.54 Å². The Bertz CT molecular complexity index is 395. The minimum Gasteiger partial charge on any atom is -0.316 e. The first-order valence-electron chi connectivity index (χ1n) is 4.34. The minimum absolute atomic E-state index is 0.731. The Labute approximate surface area is 81.8 Å². The second kappa shape index (κ2) is 3.97. The van der Waals surface area contributed by atoms with Crippen molar-refractivity contribution >= 4 is 0 Å². The molecular formula is C9H11N5. The number of hydrogen-bond donors (Lipinski definition) is 1. The van der Waals surface area contributed by atoms with Gasteiger partial charge in [0.2, 0.25) is 0 Å². The lowest BCUT2D eigenvalue weighted by Crippen LogP contribution is -2.04. The summed E-state index contributed by atoms with van der Waals surface area (Å²) >= 11 is 0. The van der Waals surface area contributed by atoms with Crippen LogP contribution < -0.4 is 5.32 Å². The fourth-order valence-electron chi connectivity index (χ4n) is 1.19. The topological polar surface area (TPSA) is 55.6 Å². The Kier molecular flexibility index (Phi) is 2.51. The van der Waals surface area contributed by atoms with Crippen molar-refractivity contribution in [3.05, 3.63) is 36.5 Å². The molecule has 5 heteroatoms. The van der Waals surface area contributed by atoms with Crippen LogP contribution in [0.1, 0.15) is 5.56 Å². The zero-order chi connectivity index (χ0) is 9.80. The highest BCUT2D eigenvalue weighted by Crippen LogP contribution is 2.02. The Balaban J connectivity index is 2.25. The van der Waals surface area contributed by atoms with Crippen molar-refractivity contribution in [3.63, 3.8) is 0 Å². The van der Waals surface area contributed by atoms with Crippen molar-refractivity contribution in [3.8, 4) is 5.82 Å². The molecular weight excluding hydrogens is 178 g/mol. The van der Waals surface area contributed by atoms with Crippen LogP contribution in [0.25, 0.3) is 5.82 Å². The Morgan fingerprint density at radius 1 is 1.36 bits per heavy atom. The summed E-state index contributed by atoms with van der Waals surface area (Å²) in [6.45, 7) is 0.806. The molecule has 0 aliphatic rings. The third kappa shape index (κ3) is 1.77. The van der Waals surface area contributed by atoms with Crippen LogP contribution in [0.2, 0.25) is 0 Å². The summed E-state index contributed by atoms with van der Waals surface area (Å²) in [6, 6.07) is 0. The van der Waals surface area contributed by atoms with Gasteiger partial charge in [-0.1, -0.05) is 0 Å². The highest BCUT2D eigenvalue weighted by atomic mass is 15.3. The van der Waals surface area contributed by atoms with Crippen LogP contribution in [0.15, 0.2) is 31.0 Å². The van der Waals surface area contributed by atoms with Gasteiger partial charge in [-0.25, -0.2) is 9.67 Å². The van der Waals surface area contributed by atoms with Crippen LogP contribution in [0.3, 0.4) is 0 Å². The zero-order valence-electron chi connectivity index (χ0n) is 7.88. The summed E-state index contributed by atoms with van der Waals surface area (Å²) in [6.07, 6.45) is 8.71. The Morgan fingerprint density at radius 3 is 3.00 bits per heavy atom. The molecule has 2 rings (SSSR count). The predicted octanol–water partition coefficient (Wildman–Crippen LogP) is 0.382. The van der Waals surface area contributed by atoms with Gasteiger partial charge in [-0.2, -0.15) is 5.10 Å². The van der Waals surface area contributed by atoms with Gasteiger partial charge in [-0.3, -0.25) is 4.98 Å². The van der Waals surface area contributed by atoms with Crippen molar-refractivity contribution < 1.29 is 0 Å². The summed E-state index contributed by atoms with van der Waals surface area (Å²) in [5.74, 6) is 0.731. The molecule has 0 bridgehead atoms. The molecule has 0 unspecified atom stereocenters. The van der Waals surface area contributed by atoms with E-state index in [4.69, 9.17) is 0 Å². The molecule has 0 radical (unpaired) electrons. The SMILES string of the molecule is CNCc1cnn(-c2cnccn2)c1. The third-order valence-corrected chi connectivity index (χ3v) is 1.80. The number of hydrogen-bond acceptors (Lipinski definition) is 4. The smallest absolute Gasteiger partial charge is 0.171 e. The van der Waals surface area contributed by atoms with E-state index in [9.17, 15) is 0 Å². The molecule has 1 N–H and O–H groups in total. The molecule has 72 valence electrons. The monoisotopic (exact) mass is 189 g/mol. The normalized spacial score (nSPS) is 10.4. The number of nitrogens with one attached hydrogen (secondary N) is 1. The summed E-state index contributed by atoms with van der Waals surface area (Å²) < 4.78 is 1.71. The Morgan fingerprint density at radius 2 is 2.29 bits per heavy atom. The van der Waals surface area contributed by atoms with Gasteiger partial charge in [0, 0.05) is 30.7 Å². The van der Waals surface area contributed by atoms with E-state index in [1.165, 1.54) is 0 Å². The lowest BCUT2D eigenvalue weighted by atomic mass is 10.4. The highest BCUT2D eigenvalue weighted by molar-refractivity contribution is 5.18. The first-order valence-corrected chi connectivity index (χ1v) is 4.34. The number of rotatable bonds is 3. The fraction of sp³-hybridized carbons (Fsp3) is 0.222. The van der Waals surface area contributed by atoms with Crippen LogP contribution in [0.5, 0.6) is 0 Å². The van der Waals surface area contributed by atoms with Crippen molar-refractivity contribution in [1.82, 2.24) is 25.1 Å². The molecule has 0 fully saturated rings. The number of aromatic nitrogens is 4. The van der Waals surface area contributed by atoms with Gasteiger partial charge in [-0.15, -0.1) is 0 Å². The first-order chi connectivity index (χ1) is 6.90. The molecule has 5 nitrogen and oxygen atoms in total. The average Bonchev–Trinajstić information content (AvgIpc) is 2.68. The van der Waals surface area contributed by atoms with E-state index in [-0.39, 0.29) is 0 Å². The van der Waals surface area contributed by atoms with Crippen LogP contribution in [0.4, 0.5) is 0 Å². The number of nitrogens with zero attached hydrogens (tertiary/aromatic N) is 4. The van der Waals surface area contributed by atoms with Crippen molar-refractivity contribution in [2.45, 2.75) is 6.54 Å². The first kappa shape index (κ1) is 8.83. The summed E-state index contributed by atoms with van der Waals surface area (Å²) in [5, 5.41) is 7.24. The van der Waals surface area contributed by atoms with Crippen molar-refractivity contribution in [2.75, 3.05) is 7.05 Å². The van der Waals surface area contributed by atoms with Crippen LogP contribution >= 0.6 is 0 Å². The molecule has 0 aliphatic carbocycles. The van der Waals surface area contributed by atoms with E-state index >= 15 is 0 Å². The maximum atomic E-state index is 4.18. The van der Waals surface area contributed by atoms with Crippen molar-refractivity contribution in [1.29, 1.82) is 0 Å². The van der Waals surface area contributed by atoms with Gasteiger partial charge in [0.05, 0.1) is 12.4 Å². The summed E-state index contributed by atoms with van der Waals surface area (Å²) in [5.41, 5.74) is 1.12. The third-order valence-electron chi connectivity index (χ3n) is 1.80. The molecule has 2 heterocycles. The predicted molar refractivity (Wildman–Crippen MR) is 51.9 cm³/mol. The largest absolute Gasteiger partial charge is 0.316 e. The molecule has 0 atom stereocenters. The van der Waals surface area contributed by atoms with E-state index in [1.807, 2.05) is 19.4 Å². The maximum Gasteiger partial charge on any atom is 0.171 e. The Hall–Kier alpha value is -1.75. The molecule has 0 aromatic carbocycles. The van der Waals surface area contributed by atoms with E-state index in [1.54, 1.807) is 23.3 Å². The second-order valence-corrected chi connectivity index (χ2v) is 2.89. The summed E-state index contributed by atoms with van der Waals surface area (Å²) in [4.78, 5) is 8.12. The van der Waals surface area contributed by atoms with Gasteiger partial charge < -0.3 is 5.32 Å². The van der Waals surface area contributed by atoms with Gasteiger partial charge in [0.25, 0.3) is 0 Å². The molecule has 0 spiro atoms. The second-order valence-electron chi connectivity index (χ2n) is 2.89. The van der Waals surface area contributed by atoms with Crippen molar-refractivity contribution in [2.24, 2.45) is 0 Å². The minimum atomic E-state index is 0.731. The molecule has 2 aromatic rings. The highest BCUT2D eigenvalue weighted by Gasteiger charge is 2.00. The van der Waals surface area contributed by atoms with E-state index in [2.05, 4.69) is 20.4 Å². The van der Waals surface area contributed by atoms with Gasteiger partial charge in [0.1, 0.15) is 0 Å². The zero-order valence-corrected chi connectivity index (χ0v) is 7.88. The lowest BCUT2D eigenvalue weighted by molar-refractivity contribution is 0.812. The quantitative estimate of drug-likeness (QED) is 0.758. The summed E-state index contributed by atoms with van der Waals surface area (Å²) in [7, 11) is 1.90.